The summed E-state index contributed by atoms with van der Waals surface area (Å²) in [4.78, 5) is 15.2. The van der Waals surface area contributed by atoms with Gasteiger partial charge in [0, 0.05) is 32.0 Å². The second-order valence-corrected chi connectivity index (χ2v) is 11.0. The monoisotopic (exact) mass is 423 g/mol. The minimum atomic E-state index is -0.636. The van der Waals surface area contributed by atoms with E-state index >= 15 is 0 Å². The van der Waals surface area contributed by atoms with E-state index in [0.29, 0.717) is 12.3 Å². The van der Waals surface area contributed by atoms with Crippen LogP contribution in [0.2, 0.25) is 0 Å². The van der Waals surface area contributed by atoms with Gasteiger partial charge in [0.05, 0.1) is 11.5 Å². The highest BCUT2D eigenvalue weighted by Crippen LogP contribution is 2.54. The smallest absolute Gasteiger partial charge is 0.311 e. The molecule has 3 fully saturated rings. The van der Waals surface area contributed by atoms with Crippen molar-refractivity contribution < 1.29 is 14.6 Å². The van der Waals surface area contributed by atoms with E-state index in [1.807, 2.05) is 18.2 Å². The van der Waals surface area contributed by atoms with Crippen molar-refractivity contribution in [2.75, 3.05) is 19.6 Å². The number of hydrogen-bond donors (Lipinski definition) is 1. The van der Waals surface area contributed by atoms with Gasteiger partial charge in [0.25, 0.3) is 0 Å². The van der Waals surface area contributed by atoms with Gasteiger partial charge in [-0.15, -0.1) is 0 Å². The fourth-order valence-corrected chi connectivity index (χ4v) is 6.84. The van der Waals surface area contributed by atoms with Crippen LogP contribution in [0.1, 0.15) is 57.9 Å². The molecule has 5 rings (SSSR count). The number of piperidine rings is 1. The predicted molar refractivity (Wildman–Crippen MR) is 121 cm³/mol. The predicted octanol–water partition coefficient (Wildman–Crippen LogP) is 4.37. The van der Waals surface area contributed by atoms with Crippen LogP contribution >= 0.6 is 0 Å². The summed E-state index contributed by atoms with van der Waals surface area (Å²) in [7, 11) is 0. The zero-order valence-corrected chi connectivity index (χ0v) is 19.1. The van der Waals surface area contributed by atoms with Crippen molar-refractivity contribution in [3.8, 4) is 0 Å². The molecule has 0 bridgehead atoms. The Labute approximate surface area is 186 Å². The maximum atomic E-state index is 12.8. The molecule has 4 aliphatic rings. The minimum absolute atomic E-state index is 0.00753. The van der Waals surface area contributed by atoms with Crippen LogP contribution in [0.3, 0.4) is 0 Å². The fourth-order valence-electron chi connectivity index (χ4n) is 6.84. The van der Waals surface area contributed by atoms with Crippen molar-refractivity contribution in [1.29, 1.82) is 0 Å². The molecule has 1 aromatic carbocycles. The zero-order valence-electron chi connectivity index (χ0n) is 19.1. The van der Waals surface area contributed by atoms with Crippen molar-refractivity contribution >= 4 is 5.97 Å². The van der Waals surface area contributed by atoms with Crippen molar-refractivity contribution in [3.05, 3.63) is 47.5 Å². The van der Waals surface area contributed by atoms with Gasteiger partial charge in [0.2, 0.25) is 0 Å². The molecule has 0 aromatic heterocycles. The van der Waals surface area contributed by atoms with Crippen molar-refractivity contribution in [1.82, 2.24) is 4.90 Å². The number of carbonyl (C=O) groups excluding carboxylic acids is 1. The summed E-state index contributed by atoms with van der Waals surface area (Å²) in [5.41, 5.74) is 2.36. The summed E-state index contributed by atoms with van der Waals surface area (Å²) in [6.45, 7) is 7.18. The van der Waals surface area contributed by atoms with Crippen LogP contribution < -0.4 is 0 Å². The second-order valence-electron chi connectivity index (χ2n) is 11.0. The molecule has 1 saturated carbocycles. The quantitative estimate of drug-likeness (QED) is 0.577. The van der Waals surface area contributed by atoms with Gasteiger partial charge in [-0.25, -0.2) is 0 Å². The lowest BCUT2D eigenvalue weighted by molar-refractivity contribution is -0.145. The molecule has 0 amide bonds. The summed E-state index contributed by atoms with van der Waals surface area (Å²) in [6, 6.07) is 10.3. The SMILES string of the molecule is C[C@H]1CCC[C@]2(C)C[C@H]3OC(=O)[C@@H](CN4CCC(O)(Cc5ccccc5)CC4)[C@H]3C=C12. The van der Waals surface area contributed by atoms with Gasteiger partial charge in [-0.05, 0) is 49.0 Å². The zero-order chi connectivity index (χ0) is 21.6. The molecular formula is C27H37NO3. The van der Waals surface area contributed by atoms with E-state index in [4.69, 9.17) is 4.74 Å². The van der Waals surface area contributed by atoms with E-state index in [2.05, 4.69) is 37.0 Å². The number of likely N-dealkylation sites (tertiary alicyclic amines) is 1. The van der Waals surface area contributed by atoms with E-state index in [9.17, 15) is 9.90 Å². The highest BCUT2D eigenvalue weighted by Gasteiger charge is 2.52. The molecule has 2 aliphatic carbocycles. The Balaban J connectivity index is 1.24. The van der Waals surface area contributed by atoms with Gasteiger partial charge in [-0.3, -0.25) is 4.79 Å². The first-order chi connectivity index (χ1) is 14.9. The number of nitrogens with zero attached hydrogens (tertiary/aromatic N) is 1. The van der Waals surface area contributed by atoms with E-state index in [-0.39, 0.29) is 29.3 Å². The molecule has 31 heavy (non-hydrogen) atoms. The van der Waals surface area contributed by atoms with Crippen LogP contribution in [0.5, 0.6) is 0 Å². The number of aliphatic hydroxyl groups is 1. The number of benzene rings is 1. The summed E-state index contributed by atoms with van der Waals surface area (Å²) >= 11 is 0. The number of carbonyl (C=O) groups is 1. The highest BCUT2D eigenvalue weighted by atomic mass is 16.6. The van der Waals surface area contributed by atoms with Crippen LogP contribution in [0.15, 0.2) is 42.0 Å². The first kappa shape index (κ1) is 21.2. The maximum Gasteiger partial charge on any atom is 0.311 e. The lowest BCUT2D eigenvalue weighted by atomic mass is 9.59. The Morgan fingerprint density at radius 3 is 2.65 bits per heavy atom. The third-order valence-corrected chi connectivity index (χ3v) is 8.70. The summed E-state index contributed by atoms with van der Waals surface area (Å²) in [6.07, 6.45) is 9.49. The minimum Gasteiger partial charge on any atom is -0.461 e. The number of fused-ring (bicyclic) bond motifs is 2. The Kier molecular flexibility index (Phi) is 5.50. The molecule has 2 aliphatic heterocycles. The molecule has 2 saturated heterocycles. The van der Waals surface area contributed by atoms with E-state index in [1.165, 1.54) is 24.8 Å². The third kappa shape index (κ3) is 4.09. The van der Waals surface area contributed by atoms with Gasteiger partial charge in [-0.1, -0.05) is 62.2 Å². The second kappa shape index (κ2) is 8.04. The molecule has 0 unspecified atom stereocenters. The van der Waals surface area contributed by atoms with Crippen LogP contribution in [-0.4, -0.2) is 47.3 Å². The molecule has 2 heterocycles. The number of ether oxygens (including phenoxy) is 1. The Morgan fingerprint density at radius 2 is 1.90 bits per heavy atom. The molecule has 1 aromatic rings. The molecule has 4 heteroatoms. The molecule has 168 valence electrons. The van der Waals surface area contributed by atoms with E-state index < -0.39 is 5.60 Å². The lowest BCUT2D eigenvalue weighted by Gasteiger charge is -2.46. The maximum absolute atomic E-state index is 12.8. The number of rotatable bonds is 4. The fraction of sp³-hybridized carbons (Fsp3) is 0.667. The Bertz CT molecular complexity index is 841. The number of esters is 1. The molecular weight excluding hydrogens is 386 g/mol. The number of hydrogen-bond acceptors (Lipinski definition) is 4. The van der Waals surface area contributed by atoms with Gasteiger partial charge < -0.3 is 14.7 Å². The van der Waals surface area contributed by atoms with Crippen LogP contribution in [-0.2, 0) is 16.0 Å². The van der Waals surface area contributed by atoms with Crippen LogP contribution in [0.25, 0.3) is 0 Å². The summed E-state index contributed by atoms with van der Waals surface area (Å²) < 4.78 is 5.93. The normalized spacial score (nSPS) is 37.5. The largest absolute Gasteiger partial charge is 0.461 e. The van der Waals surface area contributed by atoms with Crippen molar-refractivity contribution in [2.24, 2.45) is 23.2 Å². The first-order valence-corrected chi connectivity index (χ1v) is 12.3. The molecule has 5 atom stereocenters. The number of allylic oxidation sites excluding steroid dienone is 1. The van der Waals surface area contributed by atoms with Crippen molar-refractivity contribution in [2.45, 2.75) is 70.5 Å². The lowest BCUT2D eigenvalue weighted by Crippen LogP contribution is -2.48. The third-order valence-electron chi connectivity index (χ3n) is 8.70. The average molecular weight is 424 g/mol. The summed E-state index contributed by atoms with van der Waals surface area (Å²) in [5, 5.41) is 11.1. The standard InChI is InChI=1S/C27H37NO3/c1-19-7-6-10-26(2)17-24-21(15-23(19)26)22(25(29)31-24)18-28-13-11-27(30,12-14-28)16-20-8-4-3-5-9-20/h3-5,8-9,15,19,21-22,24,30H,6-7,10-14,16-18H2,1-2H3/t19-,21+,22-,24+,26+/m0/s1. The average Bonchev–Trinajstić information content (AvgIpc) is 3.02. The molecule has 0 spiro atoms. The van der Waals surface area contributed by atoms with Gasteiger partial charge in [-0.2, -0.15) is 0 Å². The highest BCUT2D eigenvalue weighted by molar-refractivity contribution is 5.76. The molecule has 4 nitrogen and oxygen atoms in total. The first-order valence-electron chi connectivity index (χ1n) is 12.3. The van der Waals surface area contributed by atoms with E-state index in [1.54, 1.807) is 5.57 Å². The molecule has 0 radical (unpaired) electrons. The Morgan fingerprint density at radius 1 is 1.16 bits per heavy atom. The molecule has 1 N–H and O–H groups in total. The van der Waals surface area contributed by atoms with E-state index in [0.717, 1.165) is 38.9 Å². The van der Waals surface area contributed by atoms with Gasteiger partial charge in [0.1, 0.15) is 6.10 Å². The van der Waals surface area contributed by atoms with Crippen molar-refractivity contribution in [3.63, 3.8) is 0 Å². The van der Waals surface area contributed by atoms with Gasteiger partial charge in [0.15, 0.2) is 0 Å². The Hall–Kier alpha value is -1.65. The topological polar surface area (TPSA) is 49.8 Å². The van der Waals surface area contributed by atoms with Gasteiger partial charge >= 0.3 is 5.97 Å². The van der Waals surface area contributed by atoms with Crippen LogP contribution in [0.4, 0.5) is 0 Å². The van der Waals surface area contributed by atoms with Crippen LogP contribution in [0, 0.1) is 23.2 Å². The summed E-state index contributed by atoms with van der Waals surface area (Å²) in [5.74, 6) is 0.781.